The first-order chi connectivity index (χ1) is 6.61. The van der Waals surface area contributed by atoms with Crippen LogP contribution >= 0.6 is 0 Å². The maximum absolute atomic E-state index is 11.1. The van der Waals surface area contributed by atoms with Gasteiger partial charge >= 0.3 is 0 Å². The number of rotatable bonds is 4. The minimum Gasteiger partial charge on any atom is -0.396 e. The zero-order valence-corrected chi connectivity index (χ0v) is 9.17. The number of nitrogen functional groups attached to an aromatic ring is 1. The van der Waals surface area contributed by atoms with Crippen molar-refractivity contribution in [3.63, 3.8) is 0 Å². The molecule has 1 rings (SSSR count). The Bertz CT molecular complexity index is 330. The Balaban J connectivity index is 2.54. The first kappa shape index (κ1) is 11.0. The standard InChI is InChI=1S/C9H15N3OS/c1-7(14(2)13)5-12-9-3-4-11-6-8(9)10/h3-4,6-7H,5,10H2,1-2H3,(H,11,12). The number of hydrogen-bond donors (Lipinski definition) is 2. The lowest BCUT2D eigenvalue weighted by Crippen LogP contribution is -2.21. The molecule has 0 aromatic carbocycles. The van der Waals surface area contributed by atoms with Gasteiger partial charge in [-0.25, -0.2) is 0 Å². The summed E-state index contributed by atoms with van der Waals surface area (Å²) in [5.74, 6) is 0. The lowest BCUT2D eigenvalue weighted by molar-refractivity contribution is 0.679. The summed E-state index contributed by atoms with van der Waals surface area (Å²) >= 11 is 0. The zero-order valence-electron chi connectivity index (χ0n) is 8.36. The average molecular weight is 213 g/mol. The second-order valence-electron chi connectivity index (χ2n) is 3.15. The molecule has 0 amide bonds. The first-order valence-electron chi connectivity index (χ1n) is 4.37. The molecule has 0 spiro atoms. The van der Waals surface area contributed by atoms with E-state index in [0.717, 1.165) is 5.69 Å². The summed E-state index contributed by atoms with van der Waals surface area (Å²) in [7, 11) is -0.810. The van der Waals surface area contributed by atoms with E-state index in [4.69, 9.17) is 5.73 Å². The number of anilines is 2. The molecule has 1 heterocycles. The molecule has 0 fully saturated rings. The molecule has 2 unspecified atom stereocenters. The Labute approximate surface area is 86.4 Å². The highest BCUT2D eigenvalue weighted by atomic mass is 32.2. The highest BCUT2D eigenvalue weighted by Crippen LogP contribution is 2.15. The van der Waals surface area contributed by atoms with E-state index in [9.17, 15) is 4.21 Å². The van der Waals surface area contributed by atoms with Crippen molar-refractivity contribution in [3.8, 4) is 0 Å². The quantitative estimate of drug-likeness (QED) is 0.778. The lowest BCUT2D eigenvalue weighted by atomic mass is 10.3. The van der Waals surface area contributed by atoms with Gasteiger partial charge in [0.1, 0.15) is 0 Å². The second kappa shape index (κ2) is 4.95. The maximum atomic E-state index is 11.1. The van der Waals surface area contributed by atoms with E-state index in [-0.39, 0.29) is 5.25 Å². The van der Waals surface area contributed by atoms with Crippen LogP contribution in [0.25, 0.3) is 0 Å². The van der Waals surface area contributed by atoms with Crippen molar-refractivity contribution in [1.82, 2.24) is 4.98 Å². The molecule has 0 saturated carbocycles. The predicted molar refractivity (Wildman–Crippen MR) is 60.7 cm³/mol. The molecule has 0 aliphatic rings. The molecule has 0 aliphatic carbocycles. The zero-order chi connectivity index (χ0) is 10.6. The van der Waals surface area contributed by atoms with E-state index in [1.807, 2.05) is 6.92 Å². The Morgan fingerprint density at radius 1 is 1.71 bits per heavy atom. The topological polar surface area (TPSA) is 68.0 Å². The Kier molecular flexibility index (Phi) is 3.88. The van der Waals surface area contributed by atoms with E-state index < -0.39 is 10.8 Å². The van der Waals surface area contributed by atoms with Gasteiger partial charge in [-0.15, -0.1) is 0 Å². The summed E-state index contributed by atoms with van der Waals surface area (Å²) in [6.07, 6.45) is 4.96. The number of pyridine rings is 1. The highest BCUT2D eigenvalue weighted by Gasteiger charge is 2.06. The normalized spacial score (nSPS) is 14.7. The molecule has 3 N–H and O–H groups in total. The van der Waals surface area contributed by atoms with Gasteiger partial charge in [0.2, 0.25) is 0 Å². The Morgan fingerprint density at radius 3 is 3.00 bits per heavy atom. The van der Waals surface area contributed by atoms with E-state index in [2.05, 4.69) is 10.3 Å². The van der Waals surface area contributed by atoms with Crippen LogP contribution in [0.5, 0.6) is 0 Å². The van der Waals surface area contributed by atoms with Crippen LogP contribution in [-0.4, -0.2) is 27.2 Å². The molecule has 5 heteroatoms. The van der Waals surface area contributed by atoms with Crippen LogP contribution in [0.15, 0.2) is 18.5 Å². The maximum Gasteiger partial charge on any atom is 0.0736 e. The minimum atomic E-state index is -0.810. The molecule has 14 heavy (non-hydrogen) atoms. The van der Waals surface area contributed by atoms with Gasteiger partial charge in [-0.05, 0) is 13.0 Å². The van der Waals surface area contributed by atoms with Gasteiger partial charge in [0.15, 0.2) is 0 Å². The van der Waals surface area contributed by atoms with Gasteiger partial charge < -0.3 is 11.1 Å². The minimum absolute atomic E-state index is 0.113. The molecular formula is C9H15N3OS. The summed E-state index contributed by atoms with van der Waals surface area (Å²) in [5, 5.41) is 3.25. The van der Waals surface area contributed by atoms with Crippen LogP contribution in [0, 0.1) is 0 Å². The number of hydrogen-bond acceptors (Lipinski definition) is 4. The van der Waals surface area contributed by atoms with Gasteiger partial charge in [0.05, 0.1) is 17.6 Å². The SMILES string of the molecule is CC(CNc1ccncc1N)S(C)=O. The van der Waals surface area contributed by atoms with Gasteiger partial charge in [0.25, 0.3) is 0 Å². The van der Waals surface area contributed by atoms with Crippen molar-refractivity contribution in [2.75, 3.05) is 23.9 Å². The van der Waals surface area contributed by atoms with Crippen LogP contribution in [0.3, 0.4) is 0 Å². The second-order valence-corrected chi connectivity index (χ2v) is 4.95. The number of nitrogens with two attached hydrogens (primary N) is 1. The molecule has 0 bridgehead atoms. The summed E-state index contributed by atoms with van der Waals surface area (Å²) in [4.78, 5) is 3.88. The molecule has 1 aromatic heterocycles. The third kappa shape index (κ3) is 2.99. The molecule has 78 valence electrons. The summed E-state index contributed by atoms with van der Waals surface area (Å²) < 4.78 is 11.1. The van der Waals surface area contributed by atoms with Crippen molar-refractivity contribution in [2.45, 2.75) is 12.2 Å². The molecule has 0 radical (unpaired) electrons. The van der Waals surface area contributed by atoms with Gasteiger partial charge in [-0.2, -0.15) is 0 Å². The van der Waals surface area contributed by atoms with Crippen molar-refractivity contribution < 1.29 is 4.21 Å². The van der Waals surface area contributed by atoms with E-state index >= 15 is 0 Å². The van der Waals surface area contributed by atoms with Gasteiger partial charge in [-0.3, -0.25) is 9.19 Å². The van der Waals surface area contributed by atoms with Crippen LogP contribution in [-0.2, 0) is 10.8 Å². The molecule has 1 aromatic rings. The lowest BCUT2D eigenvalue weighted by Gasteiger charge is -2.12. The fourth-order valence-electron chi connectivity index (χ4n) is 0.939. The van der Waals surface area contributed by atoms with Crippen LogP contribution < -0.4 is 11.1 Å². The van der Waals surface area contributed by atoms with Crippen LogP contribution in [0.2, 0.25) is 0 Å². The highest BCUT2D eigenvalue weighted by molar-refractivity contribution is 7.84. The van der Waals surface area contributed by atoms with Crippen molar-refractivity contribution >= 4 is 22.2 Å². The Hall–Kier alpha value is -1.10. The third-order valence-electron chi connectivity index (χ3n) is 2.00. The fourth-order valence-corrected chi connectivity index (χ4v) is 1.26. The molecular weight excluding hydrogens is 198 g/mol. The number of nitrogens with zero attached hydrogens (tertiary/aromatic N) is 1. The fraction of sp³-hybridized carbons (Fsp3) is 0.444. The number of nitrogens with one attached hydrogen (secondary N) is 1. The van der Waals surface area contributed by atoms with E-state index in [1.165, 1.54) is 0 Å². The van der Waals surface area contributed by atoms with E-state index in [0.29, 0.717) is 12.2 Å². The van der Waals surface area contributed by atoms with Gasteiger partial charge in [-0.1, -0.05) is 0 Å². The summed E-state index contributed by atoms with van der Waals surface area (Å²) in [6.45, 7) is 2.58. The number of aromatic nitrogens is 1. The van der Waals surface area contributed by atoms with Crippen LogP contribution in [0.1, 0.15) is 6.92 Å². The summed E-state index contributed by atoms with van der Waals surface area (Å²) in [6, 6.07) is 1.81. The largest absolute Gasteiger partial charge is 0.396 e. The van der Waals surface area contributed by atoms with Crippen molar-refractivity contribution in [2.24, 2.45) is 0 Å². The molecule has 4 nitrogen and oxygen atoms in total. The van der Waals surface area contributed by atoms with E-state index in [1.54, 1.807) is 24.7 Å². The third-order valence-corrected chi connectivity index (χ3v) is 3.30. The van der Waals surface area contributed by atoms with Crippen molar-refractivity contribution in [1.29, 1.82) is 0 Å². The smallest absolute Gasteiger partial charge is 0.0736 e. The first-order valence-corrected chi connectivity index (χ1v) is 5.99. The Morgan fingerprint density at radius 2 is 2.43 bits per heavy atom. The monoisotopic (exact) mass is 213 g/mol. The predicted octanol–water partition coefficient (Wildman–Crippen LogP) is 0.843. The van der Waals surface area contributed by atoms with Gasteiger partial charge in [0, 0.05) is 35.0 Å². The summed E-state index contributed by atoms with van der Waals surface area (Å²) in [5.41, 5.74) is 7.14. The van der Waals surface area contributed by atoms with Crippen molar-refractivity contribution in [3.05, 3.63) is 18.5 Å². The molecule has 2 atom stereocenters. The van der Waals surface area contributed by atoms with Crippen LogP contribution in [0.4, 0.5) is 11.4 Å². The average Bonchev–Trinajstić information content (AvgIpc) is 2.16. The molecule has 0 aliphatic heterocycles. The molecule has 0 saturated heterocycles.